The third kappa shape index (κ3) is 2.71. The molecular formula is C12H13Cl2N3O. The Morgan fingerprint density at radius 2 is 2.17 bits per heavy atom. The van der Waals surface area contributed by atoms with Crippen LogP contribution in [0.15, 0.2) is 24.4 Å². The number of aromatic nitrogens is 2. The van der Waals surface area contributed by atoms with E-state index in [1.807, 2.05) is 23.7 Å². The summed E-state index contributed by atoms with van der Waals surface area (Å²) >= 11 is 11.9. The lowest BCUT2D eigenvalue weighted by Gasteiger charge is -2.09. The van der Waals surface area contributed by atoms with Gasteiger partial charge in [-0.1, -0.05) is 23.2 Å². The van der Waals surface area contributed by atoms with Crippen molar-refractivity contribution in [3.8, 4) is 5.75 Å². The van der Waals surface area contributed by atoms with Crippen molar-refractivity contribution in [3.05, 3.63) is 40.4 Å². The van der Waals surface area contributed by atoms with E-state index < -0.39 is 0 Å². The number of hydrogen-bond acceptors (Lipinski definition) is 3. The molecule has 18 heavy (non-hydrogen) atoms. The number of benzene rings is 1. The van der Waals surface area contributed by atoms with Crippen LogP contribution in [0.5, 0.6) is 5.75 Å². The highest BCUT2D eigenvalue weighted by Gasteiger charge is 2.05. The molecule has 0 bridgehead atoms. The topological polar surface area (TPSA) is 39.1 Å². The number of anilines is 1. The maximum Gasteiger partial charge on any atom is 0.139 e. The fourth-order valence-electron chi connectivity index (χ4n) is 1.54. The minimum absolute atomic E-state index is 0.577. The number of rotatable bonds is 4. The van der Waals surface area contributed by atoms with Crippen LogP contribution in [0.4, 0.5) is 5.69 Å². The lowest BCUT2D eigenvalue weighted by atomic mass is 10.3. The van der Waals surface area contributed by atoms with Crippen molar-refractivity contribution in [3.63, 3.8) is 0 Å². The summed E-state index contributed by atoms with van der Waals surface area (Å²) in [6, 6.07) is 5.51. The van der Waals surface area contributed by atoms with Gasteiger partial charge in [-0.25, -0.2) is 4.98 Å². The van der Waals surface area contributed by atoms with Crippen LogP contribution in [0.25, 0.3) is 0 Å². The third-order valence-electron chi connectivity index (χ3n) is 2.63. The molecule has 0 aliphatic carbocycles. The standard InChI is InChI=1S/C12H13Cl2N3O/c1-17-11(14)6-16-12(17)7-15-8-3-4-9(13)10(5-8)18-2/h3-6,15H,7H2,1-2H3. The summed E-state index contributed by atoms with van der Waals surface area (Å²) < 4.78 is 6.97. The predicted octanol–water partition coefficient (Wildman–Crippen LogP) is 3.35. The summed E-state index contributed by atoms with van der Waals surface area (Å²) in [4.78, 5) is 4.20. The molecule has 0 saturated heterocycles. The zero-order chi connectivity index (χ0) is 13.1. The van der Waals surface area contributed by atoms with Crippen LogP contribution < -0.4 is 10.1 Å². The van der Waals surface area contributed by atoms with Gasteiger partial charge in [0.15, 0.2) is 0 Å². The van der Waals surface area contributed by atoms with E-state index in [1.54, 1.807) is 19.4 Å². The van der Waals surface area contributed by atoms with Crippen molar-refractivity contribution in [1.29, 1.82) is 0 Å². The fraction of sp³-hybridized carbons (Fsp3) is 0.250. The van der Waals surface area contributed by atoms with Crippen LogP contribution in [0, 0.1) is 0 Å². The first-order chi connectivity index (χ1) is 8.61. The molecule has 0 amide bonds. The van der Waals surface area contributed by atoms with E-state index in [-0.39, 0.29) is 0 Å². The molecule has 1 heterocycles. The molecule has 0 aliphatic heterocycles. The second kappa shape index (κ2) is 5.50. The Morgan fingerprint density at radius 1 is 1.39 bits per heavy atom. The molecule has 2 rings (SSSR count). The van der Waals surface area contributed by atoms with Crippen LogP contribution in [0.1, 0.15) is 5.82 Å². The maximum absolute atomic E-state index is 5.96. The fourth-order valence-corrected chi connectivity index (χ4v) is 1.88. The van der Waals surface area contributed by atoms with Crippen molar-refractivity contribution in [2.75, 3.05) is 12.4 Å². The SMILES string of the molecule is COc1cc(NCc2ncc(Cl)n2C)ccc1Cl. The molecule has 0 fully saturated rings. The first-order valence-electron chi connectivity index (χ1n) is 5.35. The van der Waals surface area contributed by atoms with Crippen LogP contribution in [-0.2, 0) is 13.6 Å². The summed E-state index contributed by atoms with van der Waals surface area (Å²) in [7, 11) is 3.46. The normalized spacial score (nSPS) is 10.4. The Balaban J connectivity index is 2.08. The van der Waals surface area contributed by atoms with Gasteiger partial charge in [0.25, 0.3) is 0 Å². The second-order valence-corrected chi connectivity index (χ2v) is 4.55. The van der Waals surface area contributed by atoms with E-state index in [0.29, 0.717) is 22.5 Å². The molecule has 0 unspecified atom stereocenters. The molecule has 0 aliphatic rings. The Morgan fingerprint density at radius 3 is 2.78 bits per heavy atom. The quantitative estimate of drug-likeness (QED) is 0.936. The molecule has 2 aromatic rings. The second-order valence-electron chi connectivity index (χ2n) is 3.76. The first-order valence-corrected chi connectivity index (χ1v) is 6.11. The number of halogens is 2. The Hall–Kier alpha value is -1.39. The predicted molar refractivity (Wildman–Crippen MR) is 73.5 cm³/mol. The monoisotopic (exact) mass is 285 g/mol. The largest absolute Gasteiger partial charge is 0.495 e. The number of nitrogens with zero attached hydrogens (tertiary/aromatic N) is 2. The van der Waals surface area contributed by atoms with E-state index in [9.17, 15) is 0 Å². The highest BCUT2D eigenvalue weighted by molar-refractivity contribution is 6.32. The van der Waals surface area contributed by atoms with Crippen molar-refractivity contribution >= 4 is 28.9 Å². The van der Waals surface area contributed by atoms with Crippen LogP contribution in [0.3, 0.4) is 0 Å². The van der Waals surface area contributed by atoms with E-state index in [0.717, 1.165) is 11.5 Å². The average molecular weight is 286 g/mol. The minimum Gasteiger partial charge on any atom is -0.495 e. The van der Waals surface area contributed by atoms with Gasteiger partial charge >= 0.3 is 0 Å². The molecule has 96 valence electrons. The average Bonchev–Trinajstić information content (AvgIpc) is 2.69. The molecule has 0 saturated carbocycles. The maximum atomic E-state index is 5.96. The molecular weight excluding hydrogens is 273 g/mol. The zero-order valence-electron chi connectivity index (χ0n) is 10.1. The smallest absolute Gasteiger partial charge is 0.139 e. The molecule has 0 spiro atoms. The molecule has 0 atom stereocenters. The van der Waals surface area contributed by atoms with Gasteiger partial charge in [0.05, 0.1) is 24.9 Å². The number of ether oxygens (including phenoxy) is 1. The molecule has 1 aromatic heterocycles. The molecule has 1 N–H and O–H groups in total. The van der Waals surface area contributed by atoms with Gasteiger partial charge in [-0.2, -0.15) is 0 Å². The van der Waals surface area contributed by atoms with Crippen molar-refractivity contribution in [1.82, 2.24) is 9.55 Å². The Bertz CT molecular complexity index is 554. The van der Waals surface area contributed by atoms with Crippen molar-refractivity contribution in [2.45, 2.75) is 6.54 Å². The van der Waals surface area contributed by atoms with Gasteiger partial charge in [0, 0.05) is 18.8 Å². The van der Waals surface area contributed by atoms with Crippen LogP contribution in [0.2, 0.25) is 10.2 Å². The summed E-state index contributed by atoms with van der Waals surface area (Å²) in [6.45, 7) is 0.577. The van der Waals surface area contributed by atoms with Crippen molar-refractivity contribution < 1.29 is 4.74 Å². The Labute approximate surface area is 115 Å². The number of nitrogens with one attached hydrogen (secondary N) is 1. The summed E-state index contributed by atoms with van der Waals surface area (Å²) in [6.07, 6.45) is 1.63. The minimum atomic E-state index is 0.577. The molecule has 4 nitrogen and oxygen atoms in total. The van der Waals surface area contributed by atoms with E-state index >= 15 is 0 Å². The highest BCUT2D eigenvalue weighted by Crippen LogP contribution is 2.27. The summed E-state index contributed by atoms with van der Waals surface area (Å²) in [5, 5.41) is 4.43. The Kier molecular flexibility index (Phi) is 3.99. The van der Waals surface area contributed by atoms with Crippen LogP contribution >= 0.6 is 23.2 Å². The van der Waals surface area contributed by atoms with Gasteiger partial charge in [0.2, 0.25) is 0 Å². The molecule has 0 radical (unpaired) electrons. The summed E-state index contributed by atoms with van der Waals surface area (Å²) in [5.41, 5.74) is 0.912. The van der Waals surface area contributed by atoms with E-state index in [1.165, 1.54) is 0 Å². The molecule has 6 heteroatoms. The third-order valence-corrected chi connectivity index (χ3v) is 3.29. The van der Waals surface area contributed by atoms with Gasteiger partial charge < -0.3 is 14.6 Å². The van der Waals surface area contributed by atoms with Gasteiger partial charge in [-0.3, -0.25) is 0 Å². The van der Waals surface area contributed by atoms with E-state index in [4.69, 9.17) is 27.9 Å². The van der Waals surface area contributed by atoms with Gasteiger partial charge in [0.1, 0.15) is 16.7 Å². The number of hydrogen-bond donors (Lipinski definition) is 1. The lowest BCUT2D eigenvalue weighted by molar-refractivity contribution is 0.415. The van der Waals surface area contributed by atoms with Gasteiger partial charge in [-0.05, 0) is 12.1 Å². The van der Waals surface area contributed by atoms with E-state index in [2.05, 4.69) is 10.3 Å². The first kappa shape index (κ1) is 13.1. The molecule has 1 aromatic carbocycles. The van der Waals surface area contributed by atoms with Gasteiger partial charge in [-0.15, -0.1) is 0 Å². The highest BCUT2D eigenvalue weighted by atomic mass is 35.5. The summed E-state index contributed by atoms with van der Waals surface area (Å²) in [5.74, 6) is 1.49. The van der Waals surface area contributed by atoms with Crippen molar-refractivity contribution in [2.24, 2.45) is 7.05 Å². The number of methoxy groups -OCH3 is 1. The zero-order valence-corrected chi connectivity index (χ0v) is 11.6. The van der Waals surface area contributed by atoms with Crippen LogP contribution in [-0.4, -0.2) is 16.7 Å². The lowest BCUT2D eigenvalue weighted by Crippen LogP contribution is -2.06. The number of imidazole rings is 1.